The van der Waals surface area contributed by atoms with Crippen molar-refractivity contribution in [2.24, 2.45) is 0 Å². The highest BCUT2D eigenvalue weighted by Gasteiger charge is 2.07. The Labute approximate surface area is 67.4 Å². The van der Waals surface area contributed by atoms with E-state index in [0.29, 0.717) is 0 Å². The van der Waals surface area contributed by atoms with Gasteiger partial charge in [-0.2, -0.15) is 0 Å². The Kier molecular flexibility index (Phi) is 8.97. The van der Waals surface area contributed by atoms with Gasteiger partial charge in [0.25, 0.3) is 0 Å². The Bertz CT molecular complexity index is 54.9. The van der Waals surface area contributed by atoms with Crippen LogP contribution in [0.1, 0.15) is 19.3 Å². The molecule has 0 aromatic rings. The maximum Gasteiger partial charge on any atom is 0.154 e. The minimum Gasteiger partial charge on any atom is -0.368 e. The van der Waals surface area contributed by atoms with Crippen molar-refractivity contribution in [1.82, 2.24) is 0 Å². The number of ether oxygens (including phenoxy) is 1. The Morgan fingerprint density at radius 3 is 2.11 bits per heavy atom. The number of aliphatic hydroxyl groups excluding tert-OH is 1. The zero-order valence-electron chi connectivity index (χ0n) is 5.08. The SMILES string of the molecule is Cl.Cl.OC1CCCCO1. The van der Waals surface area contributed by atoms with Crippen LogP contribution in [0.3, 0.4) is 0 Å². The van der Waals surface area contributed by atoms with Gasteiger partial charge < -0.3 is 9.84 Å². The van der Waals surface area contributed by atoms with Crippen molar-refractivity contribution >= 4 is 24.8 Å². The third-order valence-corrected chi connectivity index (χ3v) is 1.16. The summed E-state index contributed by atoms with van der Waals surface area (Å²) in [6, 6.07) is 0. The summed E-state index contributed by atoms with van der Waals surface area (Å²) in [7, 11) is 0. The molecule has 0 saturated carbocycles. The van der Waals surface area contributed by atoms with Gasteiger partial charge in [0.2, 0.25) is 0 Å². The highest BCUT2D eigenvalue weighted by atomic mass is 35.5. The second-order valence-corrected chi connectivity index (χ2v) is 1.82. The van der Waals surface area contributed by atoms with Crippen LogP contribution in [0.2, 0.25) is 0 Å². The number of halogens is 2. The van der Waals surface area contributed by atoms with Gasteiger partial charge in [-0.3, -0.25) is 0 Å². The van der Waals surface area contributed by atoms with Gasteiger partial charge >= 0.3 is 0 Å². The first-order chi connectivity index (χ1) is 3.39. The summed E-state index contributed by atoms with van der Waals surface area (Å²) in [5.41, 5.74) is 0. The largest absolute Gasteiger partial charge is 0.368 e. The fourth-order valence-electron chi connectivity index (χ4n) is 0.724. The summed E-state index contributed by atoms with van der Waals surface area (Å²) < 4.78 is 4.83. The topological polar surface area (TPSA) is 29.5 Å². The number of rotatable bonds is 0. The minimum atomic E-state index is -0.464. The molecule has 1 fully saturated rings. The van der Waals surface area contributed by atoms with Gasteiger partial charge in [-0.25, -0.2) is 0 Å². The average Bonchev–Trinajstić information content (AvgIpc) is 1.69. The van der Waals surface area contributed by atoms with E-state index in [1.54, 1.807) is 0 Å². The summed E-state index contributed by atoms with van der Waals surface area (Å²) in [5.74, 6) is 0. The van der Waals surface area contributed by atoms with Crippen LogP contribution in [0.25, 0.3) is 0 Å². The van der Waals surface area contributed by atoms with Crippen LogP contribution < -0.4 is 0 Å². The molecule has 4 heteroatoms. The zero-order chi connectivity index (χ0) is 5.11. The average molecular weight is 175 g/mol. The molecular weight excluding hydrogens is 163 g/mol. The Morgan fingerprint density at radius 2 is 1.89 bits per heavy atom. The normalized spacial score (nSPS) is 25.7. The van der Waals surface area contributed by atoms with Gasteiger partial charge in [0.05, 0.1) is 0 Å². The van der Waals surface area contributed by atoms with E-state index in [0.717, 1.165) is 25.9 Å². The van der Waals surface area contributed by atoms with Crippen LogP contribution >= 0.6 is 24.8 Å². The molecule has 1 N–H and O–H groups in total. The van der Waals surface area contributed by atoms with Gasteiger partial charge in [-0.1, -0.05) is 0 Å². The summed E-state index contributed by atoms with van der Waals surface area (Å²) in [6.45, 7) is 0.737. The molecule has 0 amide bonds. The Hall–Kier alpha value is 0.500. The second-order valence-electron chi connectivity index (χ2n) is 1.82. The highest BCUT2D eigenvalue weighted by molar-refractivity contribution is 5.85. The molecule has 0 spiro atoms. The first-order valence-electron chi connectivity index (χ1n) is 2.69. The molecule has 1 heterocycles. The Balaban J connectivity index is 0. The fraction of sp³-hybridized carbons (Fsp3) is 1.00. The van der Waals surface area contributed by atoms with Crippen LogP contribution in [0, 0.1) is 0 Å². The van der Waals surface area contributed by atoms with E-state index in [9.17, 15) is 0 Å². The van der Waals surface area contributed by atoms with Crippen molar-refractivity contribution < 1.29 is 9.84 Å². The number of hydrogen-bond donors (Lipinski definition) is 1. The molecule has 1 rings (SSSR count). The lowest BCUT2D eigenvalue weighted by Crippen LogP contribution is -2.17. The maximum absolute atomic E-state index is 8.69. The lowest BCUT2D eigenvalue weighted by Gasteiger charge is -2.16. The first kappa shape index (κ1) is 12.2. The van der Waals surface area contributed by atoms with E-state index in [1.165, 1.54) is 0 Å². The quantitative estimate of drug-likeness (QED) is 0.602. The molecular formula is C5H12Cl2O2. The molecule has 0 aromatic heterocycles. The molecule has 1 unspecified atom stereocenters. The second kappa shape index (κ2) is 6.62. The van der Waals surface area contributed by atoms with Crippen LogP contribution in [-0.2, 0) is 4.74 Å². The summed E-state index contributed by atoms with van der Waals surface area (Å²) in [4.78, 5) is 0. The lowest BCUT2D eigenvalue weighted by molar-refractivity contribution is -0.123. The molecule has 0 aliphatic carbocycles. The van der Waals surface area contributed by atoms with Crippen LogP contribution in [0.15, 0.2) is 0 Å². The fourth-order valence-corrected chi connectivity index (χ4v) is 0.724. The van der Waals surface area contributed by atoms with E-state index in [-0.39, 0.29) is 24.8 Å². The standard InChI is InChI=1S/C5H10O2.2ClH/c6-5-3-1-2-4-7-5;;/h5-6H,1-4H2;2*1H. The van der Waals surface area contributed by atoms with Gasteiger partial charge in [-0.15, -0.1) is 24.8 Å². The summed E-state index contributed by atoms with van der Waals surface area (Å²) in [5, 5.41) is 8.69. The predicted octanol–water partition coefficient (Wildman–Crippen LogP) is 1.35. The number of hydrogen-bond acceptors (Lipinski definition) is 2. The van der Waals surface area contributed by atoms with E-state index >= 15 is 0 Å². The van der Waals surface area contributed by atoms with E-state index in [2.05, 4.69) is 0 Å². The zero-order valence-corrected chi connectivity index (χ0v) is 6.71. The van der Waals surface area contributed by atoms with Gasteiger partial charge in [-0.05, 0) is 19.3 Å². The molecule has 1 aliphatic heterocycles. The molecule has 0 radical (unpaired) electrons. The molecule has 1 saturated heterocycles. The molecule has 1 aliphatic rings. The maximum atomic E-state index is 8.69. The van der Waals surface area contributed by atoms with E-state index in [4.69, 9.17) is 9.84 Å². The van der Waals surface area contributed by atoms with Gasteiger partial charge in [0.1, 0.15) is 0 Å². The molecule has 0 bridgehead atoms. The summed E-state index contributed by atoms with van der Waals surface area (Å²) >= 11 is 0. The monoisotopic (exact) mass is 174 g/mol. The molecule has 58 valence electrons. The van der Waals surface area contributed by atoms with Gasteiger partial charge in [0.15, 0.2) is 6.29 Å². The van der Waals surface area contributed by atoms with Crippen LogP contribution in [0.5, 0.6) is 0 Å². The van der Waals surface area contributed by atoms with Crippen LogP contribution in [0.4, 0.5) is 0 Å². The third kappa shape index (κ3) is 4.97. The third-order valence-electron chi connectivity index (χ3n) is 1.16. The van der Waals surface area contributed by atoms with Crippen molar-refractivity contribution in [3.05, 3.63) is 0 Å². The van der Waals surface area contributed by atoms with Crippen LogP contribution in [-0.4, -0.2) is 18.0 Å². The highest BCUT2D eigenvalue weighted by Crippen LogP contribution is 2.08. The first-order valence-corrected chi connectivity index (χ1v) is 2.69. The van der Waals surface area contributed by atoms with Crippen molar-refractivity contribution in [2.75, 3.05) is 6.61 Å². The van der Waals surface area contributed by atoms with Gasteiger partial charge in [0, 0.05) is 6.61 Å². The van der Waals surface area contributed by atoms with E-state index in [1.807, 2.05) is 0 Å². The predicted molar refractivity (Wildman–Crippen MR) is 40.3 cm³/mol. The molecule has 9 heavy (non-hydrogen) atoms. The smallest absolute Gasteiger partial charge is 0.154 e. The Morgan fingerprint density at radius 1 is 1.22 bits per heavy atom. The lowest BCUT2D eigenvalue weighted by atomic mass is 10.2. The summed E-state index contributed by atoms with van der Waals surface area (Å²) in [6.07, 6.45) is 2.58. The van der Waals surface area contributed by atoms with Crippen molar-refractivity contribution in [2.45, 2.75) is 25.6 Å². The minimum absolute atomic E-state index is 0. The van der Waals surface area contributed by atoms with Crippen molar-refractivity contribution in [3.63, 3.8) is 0 Å². The number of aliphatic hydroxyl groups is 1. The van der Waals surface area contributed by atoms with Crippen molar-refractivity contribution in [1.29, 1.82) is 0 Å². The molecule has 2 nitrogen and oxygen atoms in total. The van der Waals surface area contributed by atoms with E-state index < -0.39 is 6.29 Å². The van der Waals surface area contributed by atoms with Crippen molar-refractivity contribution in [3.8, 4) is 0 Å². The molecule has 0 aromatic carbocycles. The molecule has 1 atom stereocenters.